The standard InChI is InChI=1S/C10H22N2O/c1-5-7-12(4)10(13)9(11)8(3)6-2/h8-9H,5-7,11H2,1-4H3. The number of amides is 1. The van der Waals surface area contributed by atoms with Gasteiger partial charge in [-0.1, -0.05) is 27.2 Å². The summed E-state index contributed by atoms with van der Waals surface area (Å²) in [5, 5.41) is 0. The maximum absolute atomic E-state index is 11.6. The molecule has 3 heteroatoms. The van der Waals surface area contributed by atoms with Crippen LogP contribution >= 0.6 is 0 Å². The van der Waals surface area contributed by atoms with Gasteiger partial charge in [0.2, 0.25) is 5.91 Å². The summed E-state index contributed by atoms with van der Waals surface area (Å²) in [7, 11) is 1.81. The summed E-state index contributed by atoms with van der Waals surface area (Å²) in [4.78, 5) is 13.4. The summed E-state index contributed by atoms with van der Waals surface area (Å²) in [5.74, 6) is 0.336. The van der Waals surface area contributed by atoms with Crippen LogP contribution in [0.2, 0.25) is 0 Å². The van der Waals surface area contributed by atoms with Gasteiger partial charge < -0.3 is 10.6 Å². The topological polar surface area (TPSA) is 46.3 Å². The fourth-order valence-electron chi connectivity index (χ4n) is 1.20. The number of nitrogens with two attached hydrogens (primary N) is 1. The number of nitrogens with zero attached hydrogens (tertiary/aromatic N) is 1. The van der Waals surface area contributed by atoms with Crippen molar-refractivity contribution in [2.45, 2.75) is 39.7 Å². The van der Waals surface area contributed by atoms with Crippen LogP contribution in [0.25, 0.3) is 0 Å². The SMILES string of the molecule is CCCN(C)C(=O)C(N)C(C)CC. The van der Waals surface area contributed by atoms with E-state index < -0.39 is 0 Å². The van der Waals surface area contributed by atoms with Gasteiger partial charge in [-0.3, -0.25) is 4.79 Å². The van der Waals surface area contributed by atoms with Crippen LogP contribution in [-0.4, -0.2) is 30.4 Å². The van der Waals surface area contributed by atoms with Crippen molar-refractivity contribution >= 4 is 5.91 Å². The van der Waals surface area contributed by atoms with Crippen LogP contribution < -0.4 is 5.73 Å². The molecule has 0 rings (SSSR count). The third-order valence-corrected chi connectivity index (χ3v) is 2.48. The van der Waals surface area contributed by atoms with E-state index in [0.29, 0.717) is 0 Å². The minimum Gasteiger partial charge on any atom is -0.344 e. The van der Waals surface area contributed by atoms with Gasteiger partial charge >= 0.3 is 0 Å². The molecule has 1 amide bonds. The Bertz CT molecular complexity index is 159. The smallest absolute Gasteiger partial charge is 0.239 e. The second-order valence-corrected chi connectivity index (χ2v) is 3.67. The summed E-state index contributed by atoms with van der Waals surface area (Å²) in [6, 6.07) is -0.332. The molecule has 0 radical (unpaired) electrons. The predicted octanol–water partition coefficient (Wildman–Crippen LogP) is 1.23. The molecule has 0 aromatic heterocycles. The van der Waals surface area contributed by atoms with Crippen LogP contribution in [0.5, 0.6) is 0 Å². The van der Waals surface area contributed by atoms with Gasteiger partial charge in [0, 0.05) is 13.6 Å². The Morgan fingerprint density at radius 2 is 2.00 bits per heavy atom. The van der Waals surface area contributed by atoms with Crippen molar-refractivity contribution in [3.63, 3.8) is 0 Å². The van der Waals surface area contributed by atoms with E-state index in [1.807, 2.05) is 14.0 Å². The molecule has 0 saturated carbocycles. The fraction of sp³-hybridized carbons (Fsp3) is 0.900. The first-order valence-electron chi connectivity index (χ1n) is 5.05. The quantitative estimate of drug-likeness (QED) is 0.702. The molecule has 0 spiro atoms. The van der Waals surface area contributed by atoms with Crippen molar-refractivity contribution in [1.82, 2.24) is 4.90 Å². The summed E-state index contributed by atoms with van der Waals surface area (Å²) in [6.45, 7) is 6.92. The zero-order valence-electron chi connectivity index (χ0n) is 9.21. The second kappa shape index (κ2) is 5.97. The van der Waals surface area contributed by atoms with Crippen molar-refractivity contribution in [3.05, 3.63) is 0 Å². The number of rotatable bonds is 5. The van der Waals surface area contributed by atoms with E-state index >= 15 is 0 Å². The first-order valence-corrected chi connectivity index (χ1v) is 5.05. The van der Waals surface area contributed by atoms with Crippen molar-refractivity contribution in [2.75, 3.05) is 13.6 Å². The third kappa shape index (κ3) is 3.77. The molecule has 0 aromatic carbocycles. The van der Waals surface area contributed by atoms with Crippen LogP contribution in [0, 0.1) is 5.92 Å². The Kier molecular flexibility index (Phi) is 5.71. The van der Waals surface area contributed by atoms with Gasteiger partial charge in [-0.25, -0.2) is 0 Å². The molecule has 3 nitrogen and oxygen atoms in total. The molecule has 2 unspecified atom stereocenters. The lowest BCUT2D eigenvalue weighted by atomic mass is 9.99. The molecule has 0 heterocycles. The van der Waals surface area contributed by atoms with Gasteiger partial charge in [0.25, 0.3) is 0 Å². The monoisotopic (exact) mass is 186 g/mol. The summed E-state index contributed by atoms with van der Waals surface area (Å²) >= 11 is 0. The van der Waals surface area contributed by atoms with Crippen LogP contribution in [-0.2, 0) is 4.79 Å². The average Bonchev–Trinajstić information content (AvgIpc) is 2.14. The van der Waals surface area contributed by atoms with Gasteiger partial charge in [0.05, 0.1) is 6.04 Å². The van der Waals surface area contributed by atoms with E-state index in [9.17, 15) is 4.79 Å². The Morgan fingerprint density at radius 3 is 2.38 bits per heavy atom. The van der Waals surface area contributed by atoms with Gasteiger partial charge in [0.1, 0.15) is 0 Å². The van der Waals surface area contributed by atoms with Crippen LogP contribution in [0.1, 0.15) is 33.6 Å². The van der Waals surface area contributed by atoms with E-state index in [-0.39, 0.29) is 17.9 Å². The van der Waals surface area contributed by atoms with Gasteiger partial charge in [-0.2, -0.15) is 0 Å². The number of carbonyl (C=O) groups excluding carboxylic acids is 1. The lowest BCUT2D eigenvalue weighted by molar-refractivity contribution is -0.132. The molecule has 78 valence electrons. The largest absolute Gasteiger partial charge is 0.344 e. The predicted molar refractivity (Wildman–Crippen MR) is 55.4 cm³/mol. The lowest BCUT2D eigenvalue weighted by Gasteiger charge is -2.24. The minimum absolute atomic E-state index is 0.0659. The molecular weight excluding hydrogens is 164 g/mol. The van der Waals surface area contributed by atoms with Gasteiger partial charge in [-0.05, 0) is 12.3 Å². The lowest BCUT2D eigenvalue weighted by Crippen LogP contribution is -2.45. The Balaban J connectivity index is 4.08. The Morgan fingerprint density at radius 1 is 1.46 bits per heavy atom. The van der Waals surface area contributed by atoms with Crippen LogP contribution in [0.3, 0.4) is 0 Å². The number of carbonyl (C=O) groups is 1. The molecule has 2 atom stereocenters. The highest BCUT2D eigenvalue weighted by molar-refractivity contribution is 5.81. The molecule has 0 aromatic rings. The first kappa shape index (κ1) is 12.4. The zero-order valence-corrected chi connectivity index (χ0v) is 9.21. The van der Waals surface area contributed by atoms with Crippen molar-refractivity contribution < 1.29 is 4.79 Å². The molecule has 0 aliphatic rings. The highest BCUT2D eigenvalue weighted by Crippen LogP contribution is 2.07. The normalized spacial score (nSPS) is 15.2. The van der Waals surface area contributed by atoms with Crippen molar-refractivity contribution in [3.8, 4) is 0 Å². The van der Waals surface area contributed by atoms with Crippen LogP contribution in [0.4, 0.5) is 0 Å². The molecule has 2 N–H and O–H groups in total. The molecule has 0 saturated heterocycles. The second-order valence-electron chi connectivity index (χ2n) is 3.67. The molecular formula is C10H22N2O. The van der Waals surface area contributed by atoms with Crippen LogP contribution in [0.15, 0.2) is 0 Å². The molecule has 0 aliphatic carbocycles. The minimum atomic E-state index is -0.332. The number of hydrogen-bond acceptors (Lipinski definition) is 2. The first-order chi connectivity index (χ1) is 6.04. The van der Waals surface area contributed by atoms with Crippen molar-refractivity contribution in [2.24, 2.45) is 11.7 Å². The number of likely N-dealkylation sites (N-methyl/N-ethyl adjacent to an activating group) is 1. The third-order valence-electron chi connectivity index (χ3n) is 2.48. The van der Waals surface area contributed by atoms with Gasteiger partial charge in [0.15, 0.2) is 0 Å². The Labute approximate surface area is 81.3 Å². The van der Waals surface area contributed by atoms with Gasteiger partial charge in [-0.15, -0.1) is 0 Å². The maximum atomic E-state index is 11.6. The highest BCUT2D eigenvalue weighted by Gasteiger charge is 2.21. The van der Waals surface area contributed by atoms with E-state index in [2.05, 4.69) is 13.8 Å². The maximum Gasteiger partial charge on any atom is 0.239 e. The summed E-state index contributed by atoms with van der Waals surface area (Å²) < 4.78 is 0. The molecule has 0 bridgehead atoms. The van der Waals surface area contributed by atoms with E-state index in [4.69, 9.17) is 5.73 Å². The molecule has 0 fully saturated rings. The van der Waals surface area contributed by atoms with E-state index in [1.165, 1.54) is 0 Å². The highest BCUT2D eigenvalue weighted by atomic mass is 16.2. The van der Waals surface area contributed by atoms with Crippen molar-refractivity contribution in [1.29, 1.82) is 0 Å². The molecule has 0 aliphatic heterocycles. The average molecular weight is 186 g/mol. The van der Waals surface area contributed by atoms with E-state index in [1.54, 1.807) is 4.90 Å². The Hall–Kier alpha value is -0.570. The number of hydrogen-bond donors (Lipinski definition) is 1. The zero-order chi connectivity index (χ0) is 10.4. The summed E-state index contributed by atoms with van der Waals surface area (Å²) in [6.07, 6.45) is 1.93. The van der Waals surface area contributed by atoms with E-state index in [0.717, 1.165) is 19.4 Å². The molecule has 13 heavy (non-hydrogen) atoms. The summed E-state index contributed by atoms with van der Waals surface area (Å²) in [5.41, 5.74) is 5.81. The fourth-order valence-corrected chi connectivity index (χ4v) is 1.20.